The van der Waals surface area contributed by atoms with Crippen molar-refractivity contribution < 1.29 is 26.4 Å². The minimum atomic E-state index is -0.251. The van der Waals surface area contributed by atoms with E-state index in [1.807, 2.05) is 21.1 Å². The second-order valence-electron chi connectivity index (χ2n) is 7.33. The van der Waals surface area contributed by atoms with E-state index in [0.29, 0.717) is 22.9 Å². The van der Waals surface area contributed by atoms with E-state index in [2.05, 4.69) is 20.8 Å². The number of carbonyl (C=O) groups excluding carboxylic acids is 1. The topological polar surface area (TPSA) is 26.3 Å². The maximum absolute atomic E-state index is 12.1. The van der Waals surface area contributed by atoms with Crippen LogP contribution in [0.4, 0.5) is 0 Å². The summed E-state index contributed by atoms with van der Waals surface area (Å²) in [6.07, 6.45) is 4.65. The van der Waals surface area contributed by atoms with E-state index >= 15 is 0 Å². The van der Waals surface area contributed by atoms with E-state index in [1.165, 1.54) is 19.3 Å². The second-order valence-corrected chi connectivity index (χ2v) is 7.33. The largest absolute Gasteiger partial charge is 1.00 e. The third-order valence-electron chi connectivity index (χ3n) is 3.98. The van der Waals surface area contributed by atoms with Crippen LogP contribution in [0.5, 0.6) is 0 Å². The molecule has 1 unspecified atom stereocenters. The van der Waals surface area contributed by atoms with Crippen molar-refractivity contribution in [1.29, 1.82) is 0 Å². The van der Waals surface area contributed by atoms with Gasteiger partial charge in [0, 0.05) is 5.92 Å². The van der Waals surface area contributed by atoms with E-state index in [9.17, 15) is 4.79 Å². The summed E-state index contributed by atoms with van der Waals surface area (Å²) in [5.74, 6) is 1.02. The number of likely N-dealkylation sites (N-methyl/N-ethyl adjacent to an activating group) is 1. The Labute approximate surface area is 124 Å². The van der Waals surface area contributed by atoms with Crippen LogP contribution in [0.15, 0.2) is 0 Å². The number of ether oxygens (including phenoxy) is 1. The third kappa shape index (κ3) is 5.70. The van der Waals surface area contributed by atoms with Crippen LogP contribution in [0.3, 0.4) is 0 Å². The first-order chi connectivity index (χ1) is 8.14. The molecule has 1 rings (SSSR count). The molecule has 1 aliphatic rings. The van der Waals surface area contributed by atoms with Gasteiger partial charge in [0.1, 0.15) is 5.60 Å². The SMILES string of the molecule is CC(C)C1CCCC[C@]1(C)OC(=O)C[N+](C)(C)C.[Cl-]. The van der Waals surface area contributed by atoms with Crippen LogP contribution >= 0.6 is 0 Å². The summed E-state index contributed by atoms with van der Waals surface area (Å²) in [6.45, 7) is 7.05. The molecule has 19 heavy (non-hydrogen) atoms. The molecule has 0 amide bonds. The average Bonchev–Trinajstić information content (AvgIpc) is 2.13. The zero-order chi connectivity index (χ0) is 14.0. The van der Waals surface area contributed by atoms with E-state index < -0.39 is 0 Å². The van der Waals surface area contributed by atoms with E-state index in [1.54, 1.807) is 0 Å². The second kappa shape index (κ2) is 6.94. The summed E-state index contributed by atoms with van der Waals surface area (Å²) >= 11 is 0. The fourth-order valence-corrected chi connectivity index (χ4v) is 3.18. The minimum Gasteiger partial charge on any atom is -1.00 e. The third-order valence-corrected chi connectivity index (χ3v) is 3.98. The highest BCUT2D eigenvalue weighted by Crippen LogP contribution is 2.40. The molecule has 0 saturated heterocycles. The lowest BCUT2D eigenvalue weighted by atomic mass is 9.71. The van der Waals surface area contributed by atoms with Crippen molar-refractivity contribution in [2.75, 3.05) is 27.7 Å². The Bertz CT molecular complexity index is 299. The number of hydrogen-bond donors (Lipinski definition) is 0. The number of quaternary nitrogens is 1. The predicted octanol–water partition coefficient (Wildman–Crippen LogP) is -0.155. The number of esters is 1. The molecule has 0 aliphatic heterocycles. The van der Waals surface area contributed by atoms with Gasteiger partial charge in [-0.3, -0.25) is 0 Å². The molecule has 3 nitrogen and oxygen atoms in total. The summed E-state index contributed by atoms with van der Waals surface area (Å²) in [5, 5.41) is 0. The number of nitrogens with zero attached hydrogens (tertiary/aromatic N) is 1. The molecule has 114 valence electrons. The van der Waals surface area contributed by atoms with Gasteiger partial charge in [-0.15, -0.1) is 0 Å². The maximum atomic E-state index is 12.1. The lowest BCUT2D eigenvalue weighted by Gasteiger charge is -2.43. The van der Waals surface area contributed by atoms with Crippen LogP contribution in [-0.4, -0.2) is 43.7 Å². The quantitative estimate of drug-likeness (QED) is 0.532. The van der Waals surface area contributed by atoms with E-state index in [-0.39, 0.29) is 24.0 Å². The maximum Gasteiger partial charge on any atom is 0.362 e. The van der Waals surface area contributed by atoms with Crippen molar-refractivity contribution in [2.24, 2.45) is 11.8 Å². The first-order valence-electron chi connectivity index (χ1n) is 7.16. The van der Waals surface area contributed by atoms with Crippen LogP contribution < -0.4 is 12.4 Å². The predicted molar refractivity (Wildman–Crippen MR) is 74.2 cm³/mol. The van der Waals surface area contributed by atoms with Crippen molar-refractivity contribution >= 4 is 5.97 Å². The van der Waals surface area contributed by atoms with Crippen molar-refractivity contribution in [3.8, 4) is 0 Å². The summed E-state index contributed by atoms with van der Waals surface area (Å²) in [4.78, 5) is 12.1. The first kappa shape index (κ1) is 18.7. The monoisotopic (exact) mass is 291 g/mol. The van der Waals surface area contributed by atoms with Crippen LogP contribution in [0.1, 0.15) is 46.5 Å². The molecule has 0 aromatic heterocycles. The van der Waals surface area contributed by atoms with Crippen molar-refractivity contribution in [1.82, 2.24) is 0 Å². The number of carbonyl (C=O) groups is 1. The Morgan fingerprint density at radius 3 is 2.37 bits per heavy atom. The summed E-state index contributed by atoms with van der Waals surface area (Å²) in [5.41, 5.74) is -0.251. The standard InChI is InChI=1S/C15H30NO2.ClH/c1-12(2)13-9-7-8-10-15(13,3)18-14(17)11-16(4,5)6;/h12-13H,7-11H2,1-6H3;1H/q+1;/p-1/t13?,15-;/m0./s1. The Kier molecular flexibility index (Phi) is 6.84. The normalized spacial score (nSPS) is 27.8. The van der Waals surface area contributed by atoms with E-state index in [4.69, 9.17) is 4.74 Å². The smallest absolute Gasteiger partial charge is 0.362 e. The lowest BCUT2D eigenvalue weighted by molar-refractivity contribution is -0.862. The summed E-state index contributed by atoms with van der Waals surface area (Å²) < 4.78 is 6.50. The van der Waals surface area contributed by atoms with Crippen molar-refractivity contribution in [3.05, 3.63) is 0 Å². The van der Waals surface area contributed by atoms with Gasteiger partial charge in [-0.05, 0) is 32.1 Å². The van der Waals surface area contributed by atoms with Gasteiger partial charge < -0.3 is 21.6 Å². The molecule has 1 saturated carbocycles. The number of halogens is 1. The molecule has 0 spiro atoms. The Balaban J connectivity index is 0.00000324. The highest BCUT2D eigenvalue weighted by Gasteiger charge is 2.42. The highest BCUT2D eigenvalue weighted by molar-refractivity contribution is 5.71. The molecule has 0 bridgehead atoms. The average molecular weight is 292 g/mol. The van der Waals surface area contributed by atoms with Gasteiger partial charge >= 0.3 is 5.97 Å². The summed E-state index contributed by atoms with van der Waals surface area (Å²) in [7, 11) is 6.05. The van der Waals surface area contributed by atoms with Gasteiger partial charge in [-0.1, -0.05) is 20.3 Å². The van der Waals surface area contributed by atoms with Crippen LogP contribution in [-0.2, 0) is 9.53 Å². The molecule has 4 heteroatoms. The van der Waals surface area contributed by atoms with Gasteiger partial charge in [-0.2, -0.15) is 0 Å². The molecule has 0 aromatic rings. The van der Waals surface area contributed by atoms with Crippen LogP contribution in [0.25, 0.3) is 0 Å². The zero-order valence-corrected chi connectivity index (χ0v) is 14.1. The fraction of sp³-hybridized carbons (Fsp3) is 0.933. The van der Waals surface area contributed by atoms with Crippen molar-refractivity contribution in [3.63, 3.8) is 0 Å². The zero-order valence-electron chi connectivity index (χ0n) is 13.3. The molecule has 2 atom stereocenters. The molecule has 1 aliphatic carbocycles. The van der Waals surface area contributed by atoms with Gasteiger partial charge in [0.2, 0.25) is 0 Å². The van der Waals surface area contributed by atoms with Crippen molar-refractivity contribution in [2.45, 2.75) is 52.1 Å². The molecular weight excluding hydrogens is 262 g/mol. The minimum absolute atomic E-state index is 0. The fourth-order valence-electron chi connectivity index (χ4n) is 3.18. The van der Waals surface area contributed by atoms with Gasteiger partial charge in [-0.25, -0.2) is 4.79 Å². The van der Waals surface area contributed by atoms with Gasteiger partial charge in [0.15, 0.2) is 6.54 Å². The molecule has 0 radical (unpaired) electrons. The summed E-state index contributed by atoms with van der Waals surface area (Å²) in [6, 6.07) is 0. The van der Waals surface area contributed by atoms with Crippen LogP contribution in [0.2, 0.25) is 0 Å². The first-order valence-corrected chi connectivity index (χ1v) is 7.16. The van der Waals surface area contributed by atoms with Gasteiger partial charge in [0.05, 0.1) is 21.1 Å². The lowest BCUT2D eigenvalue weighted by Crippen LogP contribution is -3.00. The Morgan fingerprint density at radius 2 is 1.89 bits per heavy atom. The van der Waals surface area contributed by atoms with Gasteiger partial charge in [0.25, 0.3) is 0 Å². The molecule has 0 heterocycles. The number of hydrogen-bond acceptors (Lipinski definition) is 2. The van der Waals surface area contributed by atoms with E-state index in [0.717, 1.165) is 6.42 Å². The Morgan fingerprint density at radius 1 is 1.32 bits per heavy atom. The molecule has 0 aromatic carbocycles. The van der Waals surface area contributed by atoms with Crippen LogP contribution in [0, 0.1) is 11.8 Å². The molecule has 1 fully saturated rings. The highest BCUT2D eigenvalue weighted by atomic mass is 35.5. The molecular formula is C15H30ClNO2. The molecule has 0 N–H and O–H groups in total. The Hall–Kier alpha value is -0.280. The number of rotatable bonds is 4.